The summed E-state index contributed by atoms with van der Waals surface area (Å²) in [6.07, 6.45) is 5.07. The highest BCUT2D eigenvalue weighted by atomic mass is 19.1. The van der Waals surface area contributed by atoms with Crippen molar-refractivity contribution in [2.24, 2.45) is 5.16 Å². The number of oxime groups is 1. The van der Waals surface area contributed by atoms with Gasteiger partial charge in [-0.3, -0.25) is 0 Å². The Morgan fingerprint density at radius 1 is 1.26 bits per heavy atom. The number of piperidine rings is 1. The molecule has 0 amide bonds. The quantitative estimate of drug-likeness (QED) is 0.617. The Morgan fingerprint density at radius 3 is 2.74 bits per heavy atom. The molecule has 1 aromatic heterocycles. The average molecular weight is 466 g/mol. The monoisotopic (exact) mass is 466 g/mol. The summed E-state index contributed by atoms with van der Waals surface area (Å²) in [7, 11) is 1.60. The van der Waals surface area contributed by atoms with Gasteiger partial charge < -0.3 is 24.1 Å². The van der Waals surface area contributed by atoms with Gasteiger partial charge >= 0.3 is 0 Å². The standard InChI is InChI=1S/C25H24F2N4O3/c1-16-12-30(15-28-16)22-8-3-17(10-23(22)33-2)9-18-11-21(32)13-31-24(18)29-34-25(31,14-26)19-4-6-20(27)7-5-19/h3-10,12,15,21,32H,11,13-14H2,1-2H3/t21-,25-/m1/s1. The van der Waals surface area contributed by atoms with E-state index in [0.717, 1.165) is 16.9 Å². The minimum absolute atomic E-state index is 0.139. The second kappa shape index (κ2) is 8.57. The molecule has 0 unspecified atom stereocenters. The van der Waals surface area contributed by atoms with Gasteiger partial charge in [0.15, 0.2) is 12.5 Å². The molecule has 176 valence electrons. The van der Waals surface area contributed by atoms with Gasteiger partial charge in [-0.2, -0.15) is 0 Å². The maximum absolute atomic E-state index is 14.4. The first-order chi connectivity index (χ1) is 16.4. The summed E-state index contributed by atoms with van der Waals surface area (Å²) < 4.78 is 35.4. The summed E-state index contributed by atoms with van der Waals surface area (Å²) in [5.74, 6) is 0.661. The molecule has 1 saturated heterocycles. The zero-order valence-corrected chi connectivity index (χ0v) is 18.8. The molecule has 7 nitrogen and oxygen atoms in total. The second-order valence-electron chi connectivity index (χ2n) is 8.42. The van der Waals surface area contributed by atoms with E-state index in [9.17, 15) is 13.9 Å². The number of hydrogen-bond acceptors (Lipinski definition) is 6. The predicted octanol–water partition coefficient (Wildman–Crippen LogP) is 3.94. The third-order valence-corrected chi connectivity index (χ3v) is 6.12. The number of aromatic nitrogens is 2. The number of aliphatic hydroxyl groups excluding tert-OH is 1. The highest BCUT2D eigenvalue weighted by Gasteiger charge is 2.51. The Balaban J connectivity index is 1.50. The van der Waals surface area contributed by atoms with E-state index in [1.165, 1.54) is 24.3 Å². The van der Waals surface area contributed by atoms with E-state index in [1.54, 1.807) is 18.3 Å². The predicted molar refractivity (Wildman–Crippen MR) is 123 cm³/mol. The van der Waals surface area contributed by atoms with Crippen LogP contribution in [0.2, 0.25) is 0 Å². The van der Waals surface area contributed by atoms with Crippen LogP contribution < -0.4 is 4.74 Å². The van der Waals surface area contributed by atoms with Crippen LogP contribution in [0.5, 0.6) is 5.75 Å². The van der Waals surface area contributed by atoms with Crippen molar-refractivity contribution in [3.8, 4) is 11.4 Å². The van der Waals surface area contributed by atoms with Crippen molar-refractivity contribution in [1.82, 2.24) is 14.5 Å². The number of methoxy groups -OCH3 is 1. The topological polar surface area (TPSA) is 72.1 Å². The lowest BCUT2D eigenvalue weighted by molar-refractivity contribution is -0.128. The van der Waals surface area contributed by atoms with Crippen molar-refractivity contribution in [2.45, 2.75) is 25.2 Å². The van der Waals surface area contributed by atoms with E-state index in [1.807, 2.05) is 42.0 Å². The molecule has 3 heterocycles. The van der Waals surface area contributed by atoms with Crippen molar-refractivity contribution in [3.05, 3.63) is 83.2 Å². The molecule has 0 spiro atoms. The van der Waals surface area contributed by atoms with Gasteiger partial charge in [-0.15, -0.1) is 0 Å². The van der Waals surface area contributed by atoms with Crippen molar-refractivity contribution in [2.75, 3.05) is 20.3 Å². The number of benzene rings is 2. The summed E-state index contributed by atoms with van der Waals surface area (Å²) in [4.78, 5) is 11.5. The molecule has 0 saturated carbocycles. The molecule has 1 fully saturated rings. The minimum atomic E-state index is -1.55. The normalized spacial score (nSPS) is 23.0. The number of nitrogens with zero attached hydrogens (tertiary/aromatic N) is 4. The fraction of sp³-hybridized carbons (Fsp3) is 0.280. The highest BCUT2D eigenvalue weighted by Crippen LogP contribution is 2.41. The van der Waals surface area contributed by atoms with Crippen LogP contribution in [0.3, 0.4) is 0 Å². The number of amidine groups is 1. The third-order valence-electron chi connectivity index (χ3n) is 6.12. The molecule has 0 aliphatic carbocycles. The maximum atomic E-state index is 14.4. The van der Waals surface area contributed by atoms with Gasteiger partial charge in [-0.1, -0.05) is 11.2 Å². The van der Waals surface area contributed by atoms with E-state index in [-0.39, 0.29) is 6.54 Å². The molecule has 3 aromatic rings. The number of fused-ring (bicyclic) bond motifs is 1. The number of rotatable bonds is 5. The van der Waals surface area contributed by atoms with Gasteiger partial charge in [0.2, 0.25) is 0 Å². The number of alkyl halides is 1. The van der Waals surface area contributed by atoms with E-state index >= 15 is 0 Å². The van der Waals surface area contributed by atoms with E-state index in [4.69, 9.17) is 9.57 Å². The fourth-order valence-electron chi connectivity index (χ4n) is 4.44. The molecular weight excluding hydrogens is 442 g/mol. The van der Waals surface area contributed by atoms with E-state index < -0.39 is 24.3 Å². The van der Waals surface area contributed by atoms with Crippen LogP contribution in [0, 0.1) is 12.7 Å². The van der Waals surface area contributed by atoms with Crippen LogP contribution in [0.15, 0.2) is 65.7 Å². The average Bonchev–Trinajstić information content (AvgIpc) is 3.43. The first-order valence-electron chi connectivity index (χ1n) is 10.9. The molecule has 2 aliphatic heterocycles. The Kier molecular flexibility index (Phi) is 5.57. The summed E-state index contributed by atoms with van der Waals surface area (Å²) in [5.41, 5.74) is 2.12. The molecule has 9 heteroatoms. The molecule has 2 aromatic carbocycles. The second-order valence-corrected chi connectivity index (χ2v) is 8.42. The summed E-state index contributed by atoms with van der Waals surface area (Å²) in [5, 5.41) is 14.8. The molecule has 0 bridgehead atoms. The molecule has 0 radical (unpaired) electrons. The number of hydrogen-bond donors (Lipinski definition) is 1. The van der Waals surface area contributed by atoms with Crippen molar-refractivity contribution in [1.29, 1.82) is 0 Å². The van der Waals surface area contributed by atoms with Gasteiger partial charge in [0, 0.05) is 23.8 Å². The maximum Gasteiger partial charge on any atom is 0.265 e. The van der Waals surface area contributed by atoms with Crippen molar-refractivity contribution >= 4 is 11.9 Å². The molecule has 2 atom stereocenters. The van der Waals surface area contributed by atoms with Gasteiger partial charge in [-0.05, 0) is 55.0 Å². The molecule has 2 aliphatic rings. The Hall–Kier alpha value is -3.72. The Morgan fingerprint density at radius 2 is 2.06 bits per heavy atom. The van der Waals surface area contributed by atoms with Crippen molar-refractivity contribution < 1.29 is 23.5 Å². The fourth-order valence-corrected chi connectivity index (χ4v) is 4.44. The first-order valence-corrected chi connectivity index (χ1v) is 10.9. The smallest absolute Gasteiger partial charge is 0.265 e. The lowest BCUT2D eigenvalue weighted by Gasteiger charge is -2.39. The van der Waals surface area contributed by atoms with Crippen LogP contribution in [0.1, 0.15) is 23.2 Å². The van der Waals surface area contributed by atoms with Crippen LogP contribution in [0.25, 0.3) is 11.8 Å². The van der Waals surface area contributed by atoms with Crippen LogP contribution in [-0.2, 0) is 10.6 Å². The van der Waals surface area contributed by atoms with Crippen molar-refractivity contribution in [3.63, 3.8) is 0 Å². The van der Waals surface area contributed by atoms with E-state index in [2.05, 4.69) is 10.1 Å². The van der Waals surface area contributed by atoms with Gasteiger partial charge in [0.25, 0.3) is 5.72 Å². The van der Waals surface area contributed by atoms with Gasteiger partial charge in [-0.25, -0.2) is 13.8 Å². The Labute approximate surface area is 195 Å². The van der Waals surface area contributed by atoms with E-state index in [0.29, 0.717) is 29.1 Å². The summed E-state index contributed by atoms with van der Waals surface area (Å²) in [6.45, 7) is 1.13. The first kappa shape index (κ1) is 22.1. The third kappa shape index (κ3) is 3.71. The SMILES string of the molecule is COc1cc(C=C2C[C@@H](O)CN3C2=NO[C@]3(CF)c2ccc(F)cc2)ccc1-n1cnc(C)c1. The number of aliphatic hydroxyl groups is 1. The highest BCUT2D eigenvalue weighted by molar-refractivity contribution is 6.03. The van der Waals surface area contributed by atoms with Crippen LogP contribution >= 0.6 is 0 Å². The molecule has 5 rings (SSSR count). The lowest BCUT2D eigenvalue weighted by atomic mass is 9.93. The number of aryl methyl sites for hydroxylation is 1. The van der Waals surface area contributed by atoms with Crippen LogP contribution in [-0.4, -0.2) is 51.8 Å². The number of ether oxygens (including phenoxy) is 1. The van der Waals surface area contributed by atoms with Gasteiger partial charge in [0.1, 0.15) is 11.6 Å². The molecular formula is C25H24F2N4O3. The van der Waals surface area contributed by atoms with Gasteiger partial charge in [0.05, 0.1) is 37.5 Å². The summed E-state index contributed by atoms with van der Waals surface area (Å²) >= 11 is 0. The minimum Gasteiger partial charge on any atom is -0.495 e. The summed E-state index contributed by atoms with van der Waals surface area (Å²) in [6, 6.07) is 11.2. The number of halogens is 2. The zero-order valence-electron chi connectivity index (χ0n) is 18.8. The van der Waals surface area contributed by atoms with Crippen LogP contribution in [0.4, 0.5) is 8.78 Å². The zero-order chi connectivity index (χ0) is 23.9. The Bertz CT molecular complexity index is 1270. The molecule has 34 heavy (non-hydrogen) atoms. The number of imidazole rings is 1. The lowest BCUT2D eigenvalue weighted by Crippen LogP contribution is -2.53. The molecule has 1 N–H and O–H groups in total. The largest absolute Gasteiger partial charge is 0.495 e.